The SMILES string of the molecule is CCN(CCN1CCOCC1)CC(O)COc1ccc(Cl)cc1Cl.Cl.Cl. The van der Waals surface area contributed by atoms with Gasteiger partial charge in [-0.25, -0.2) is 0 Å². The number of hydrogen-bond donors (Lipinski definition) is 1. The van der Waals surface area contributed by atoms with E-state index < -0.39 is 6.10 Å². The molecule has 0 saturated carbocycles. The maximum absolute atomic E-state index is 10.2. The Morgan fingerprint density at radius 2 is 1.96 bits per heavy atom. The van der Waals surface area contributed by atoms with Crippen molar-refractivity contribution in [3.8, 4) is 5.75 Å². The molecule has 1 heterocycles. The molecule has 9 heteroatoms. The van der Waals surface area contributed by atoms with Crippen molar-refractivity contribution in [3.05, 3.63) is 28.2 Å². The van der Waals surface area contributed by atoms with Crippen LogP contribution < -0.4 is 4.74 Å². The van der Waals surface area contributed by atoms with Crippen LogP contribution in [0.2, 0.25) is 10.0 Å². The van der Waals surface area contributed by atoms with Gasteiger partial charge in [-0.15, -0.1) is 24.8 Å². The van der Waals surface area contributed by atoms with E-state index in [9.17, 15) is 5.11 Å². The number of rotatable bonds is 9. The van der Waals surface area contributed by atoms with E-state index in [4.69, 9.17) is 32.7 Å². The zero-order valence-electron chi connectivity index (χ0n) is 14.9. The van der Waals surface area contributed by atoms with E-state index in [0.717, 1.165) is 45.9 Å². The summed E-state index contributed by atoms with van der Waals surface area (Å²) in [6, 6.07) is 5.06. The number of benzene rings is 1. The average Bonchev–Trinajstić information content (AvgIpc) is 2.58. The first-order valence-corrected chi connectivity index (χ1v) is 9.12. The van der Waals surface area contributed by atoms with Crippen LogP contribution in [0.5, 0.6) is 5.75 Å². The van der Waals surface area contributed by atoms with Gasteiger partial charge in [-0.1, -0.05) is 30.1 Å². The third-order valence-corrected chi connectivity index (χ3v) is 4.61. The zero-order valence-corrected chi connectivity index (χ0v) is 18.0. The lowest BCUT2D eigenvalue weighted by Crippen LogP contribution is -2.43. The van der Waals surface area contributed by atoms with Crippen LogP contribution in [0.25, 0.3) is 0 Å². The largest absolute Gasteiger partial charge is 0.489 e. The van der Waals surface area contributed by atoms with E-state index in [0.29, 0.717) is 22.3 Å². The monoisotopic (exact) mass is 448 g/mol. The van der Waals surface area contributed by atoms with Gasteiger partial charge in [-0.2, -0.15) is 0 Å². The van der Waals surface area contributed by atoms with Gasteiger partial charge in [-0.05, 0) is 24.7 Å². The highest BCUT2D eigenvalue weighted by molar-refractivity contribution is 6.35. The van der Waals surface area contributed by atoms with Crippen LogP contribution >= 0.6 is 48.0 Å². The molecule has 0 amide bonds. The second kappa shape index (κ2) is 14.1. The number of aliphatic hydroxyl groups excluding tert-OH is 1. The summed E-state index contributed by atoms with van der Waals surface area (Å²) in [5.41, 5.74) is 0. The predicted octanol–water partition coefficient (Wildman–Crippen LogP) is 3.23. The third kappa shape index (κ3) is 9.29. The smallest absolute Gasteiger partial charge is 0.138 e. The lowest BCUT2D eigenvalue weighted by atomic mass is 10.3. The van der Waals surface area contributed by atoms with Crippen LogP contribution in [0.1, 0.15) is 6.92 Å². The molecule has 1 aromatic rings. The van der Waals surface area contributed by atoms with E-state index in [1.165, 1.54) is 0 Å². The number of halogens is 4. The first kappa shape index (κ1) is 26.0. The van der Waals surface area contributed by atoms with E-state index in [1.807, 2.05) is 0 Å². The van der Waals surface area contributed by atoms with Crippen molar-refractivity contribution in [1.29, 1.82) is 0 Å². The molecule has 1 saturated heterocycles. The predicted molar refractivity (Wildman–Crippen MR) is 112 cm³/mol. The number of likely N-dealkylation sites (N-methyl/N-ethyl adjacent to an activating group) is 1. The van der Waals surface area contributed by atoms with E-state index >= 15 is 0 Å². The number of hydrogen-bond acceptors (Lipinski definition) is 5. The summed E-state index contributed by atoms with van der Waals surface area (Å²) >= 11 is 11.9. The summed E-state index contributed by atoms with van der Waals surface area (Å²) in [4.78, 5) is 4.62. The van der Waals surface area contributed by atoms with E-state index in [2.05, 4.69) is 16.7 Å². The van der Waals surface area contributed by atoms with Crippen molar-refractivity contribution >= 4 is 48.0 Å². The summed E-state index contributed by atoms with van der Waals surface area (Å²) in [5, 5.41) is 11.2. The van der Waals surface area contributed by atoms with Gasteiger partial charge in [0.15, 0.2) is 0 Å². The first-order chi connectivity index (χ1) is 11.6. The highest BCUT2D eigenvalue weighted by Crippen LogP contribution is 2.27. The summed E-state index contributed by atoms with van der Waals surface area (Å²) in [6.07, 6.45) is -0.568. The Morgan fingerprint density at radius 1 is 1.27 bits per heavy atom. The molecule has 152 valence electrons. The standard InChI is InChI=1S/C17H26Cl2N2O3.2ClH/c1-2-20(5-6-21-7-9-23-10-8-21)12-15(22)13-24-17-4-3-14(18)11-16(17)19;;/h3-4,11,15,22H,2,5-10,12-13H2,1H3;2*1H. The van der Waals surface area contributed by atoms with Crippen molar-refractivity contribution in [2.75, 3.05) is 59.1 Å². The Labute approximate surface area is 178 Å². The van der Waals surface area contributed by atoms with E-state index in [-0.39, 0.29) is 31.4 Å². The van der Waals surface area contributed by atoms with Gasteiger partial charge in [-0.3, -0.25) is 9.80 Å². The fourth-order valence-electron chi connectivity index (χ4n) is 2.62. The maximum Gasteiger partial charge on any atom is 0.138 e. The Kier molecular flexibility index (Phi) is 14.1. The molecule has 1 unspecified atom stereocenters. The first-order valence-electron chi connectivity index (χ1n) is 8.37. The Balaban J connectivity index is 0.00000312. The van der Waals surface area contributed by atoms with Crippen molar-refractivity contribution in [1.82, 2.24) is 9.80 Å². The molecule has 1 N–H and O–H groups in total. The lowest BCUT2D eigenvalue weighted by molar-refractivity contribution is 0.0273. The highest BCUT2D eigenvalue weighted by atomic mass is 35.5. The Hall–Kier alpha value is 0.0200. The molecule has 0 bridgehead atoms. The fourth-order valence-corrected chi connectivity index (χ4v) is 3.08. The summed E-state index contributed by atoms with van der Waals surface area (Å²) < 4.78 is 11.0. The van der Waals surface area contributed by atoms with Gasteiger partial charge in [0.05, 0.1) is 18.2 Å². The molecular formula is C17H28Cl4N2O3. The maximum atomic E-state index is 10.2. The quantitative estimate of drug-likeness (QED) is 0.626. The molecule has 0 aromatic heterocycles. The summed E-state index contributed by atoms with van der Waals surface area (Å²) in [5.74, 6) is 0.538. The van der Waals surface area contributed by atoms with E-state index in [1.54, 1.807) is 18.2 Å². The molecule has 1 aliphatic rings. The van der Waals surface area contributed by atoms with Crippen molar-refractivity contribution in [3.63, 3.8) is 0 Å². The molecule has 1 atom stereocenters. The molecular weight excluding hydrogens is 422 g/mol. The minimum Gasteiger partial charge on any atom is -0.489 e. The van der Waals surface area contributed by atoms with Crippen LogP contribution in [0.15, 0.2) is 18.2 Å². The second-order valence-electron chi connectivity index (χ2n) is 5.89. The van der Waals surface area contributed by atoms with Crippen LogP contribution in [0.4, 0.5) is 0 Å². The van der Waals surface area contributed by atoms with Crippen LogP contribution in [-0.4, -0.2) is 80.1 Å². The van der Waals surface area contributed by atoms with Crippen molar-refractivity contribution in [2.24, 2.45) is 0 Å². The highest BCUT2D eigenvalue weighted by Gasteiger charge is 2.15. The fraction of sp³-hybridized carbons (Fsp3) is 0.647. The average molecular weight is 450 g/mol. The normalized spacial score (nSPS) is 15.9. The summed E-state index contributed by atoms with van der Waals surface area (Å²) in [6.45, 7) is 9.28. The van der Waals surface area contributed by atoms with Gasteiger partial charge in [0, 0.05) is 37.7 Å². The molecule has 1 aromatic carbocycles. The molecule has 0 aliphatic carbocycles. The van der Waals surface area contributed by atoms with Gasteiger partial charge in [0.2, 0.25) is 0 Å². The molecule has 5 nitrogen and oxygen atoms in total. The molecule has 1 fully saturated rings. The van der Waals surface area contributed by atoms with Gasteiger partial charge in [0.25, 0.3) is 0 Å². The Bertz CT molecular complexity index is 505. The number of ether oxygens (including phenoxy) is 2. The van der Waals surface area contributed by atoms with Crippen LogP contribution in [0.3, 0.4) is 0 Å². The number of morpholine rings is 1. The topological polar surface area (TPSA) is 45.2 Å². The second-order valence-corrected chi connectivity index (χ2v) is 6.73. The van der Waals surface area contributed by atoms with Gasteiger partial charge in [0.1, 0.15) is 18.5 Å². The third-order valence-electron chi connectivity index (χ3n) is 4.08. The van der Waals surface area contributed by atoms with Crippen LogP contribution in [-0.2, 0) is 4.74 Å². The molecule has 0 spiro atoms. The summed E-state index contributed by atoms with van der Waals surface area (Å²) in [7, 11) is 0. The molecule has 26 heavy (non-hydrogen) atoms. The van der Waals surface area contributed by atoms with Gasteiger partial charge >= 0.3 is 0 Å². The number of nitrogens with zero attached hydrogens (tertiary/aromatic N) is 2. The lowest BCUT2D eigenvalue weighted by Gasteiger charge is -2.30. The minimum atomic E-state index is -0.568. The zero-order chi connectivity index (χ0) is 17.4. The molecule has 1 aliphatic heterocycles. The van der Waals surface area contributed by atoms with Gasteiger partial charge < -0.3 is 14.6 Å². The molecule has 2 rings (SSSR count). The minimum absolute atomic E-state index is 0. The Morgan fingerprint density at radius 3 is 2.58 bits per heavy atom. The van der Waals surface area contributed by atoms with Crippen LogP contribution in [0, 0.1) is 0 Å². The molecule has 0 radical (unpaired) electrons. The number of aliphatic hydroxyl groups is 1. The van der Waals surface area contributed by atoms with Crippen molar-refractivity contribution in [2.45, 2.75) is 13.0 Å². The van der Waals surface area contributed by atoms with Crippen molar-refractivity contribution < 1.29 is 14.6 Å².